The van der Waals surface area contributed by atoms with Gasteiger partial charge in [-0.15, -0.1) is 11.2 Å². The molecule has 12 heavy (non-hydrogen) atoms. The van der Waals surface area contributed by atoms with Gasteiger partial charge in [-0.3, -0.25) is 4.79 Å². The maximum atomic E-state index is 11.2. The van der Waals surface area contributed by atoms with Crippen LogP contribution >= 0.6 is 11.2 Å². The van der Waals surface area contributed by atoms with Crippen molar-refractivity contribution in [1.29, 1.82) is 0 Å². The Morgan fingerprint density at radius 1 is 1.58 bits per heavy atom. The van der Waals surface area contributed by atoms with E-state index in [2.05, 4.69) is 16.3 Å². The number of rotatable bonds is 2. The van der Waals surface area contributed by atoms with Crippen LogP contribution in [0.1, 0.15) is 22.8 Å². The van der Waals surface area contributed by atoms with E-state index in [1.54, 1.807) is 0 Å². The Kier molecular flexibility index (Phi) is 3.56. The lowest BCUT2D eigenvalue weighted by Crippen LogP contribution is -1.93. The van der Waals surface area contributed by atoms with Crippen LogP contribution in [0.25, 0.3) is 0 Å². The van der Waals surface area contributed by atoms with Gasteiger partial charge >= 0.3 is 0 Å². The number of carbonyl (C=O) groups excluding carboxylic acids is 1. The van der Waals surface area contributed by atoms with E-state index in [1.807, 2.05) is 24.3 Å². The van der Waals surface area contributed by atoms with Crippen LogP contribution in [0.3, 0.4) is 0 Å². The molecule has 0 spiro atoms. The lowest BCUT2D eigenvalue weighted by Gasteiger charge is -1.99. The van der Waals surface area contributed by atoms with Crippen molar-refractivity contribution in [3.05, 3.63) is 35.4 Å². The highest BCUT2D eigenvalue weighted by molar-refractivity contribution is 8.31. The van der Waals surface area contributed by atoms with E-state index in [4.69, 9.17) is 0 Å². The van der Waals surface area contributed by atoms with Crippen LogP contribution in [-0.2, 0) is 6.42 Å². The van der Waals surface area contributed by atoms with Gasteiger partial charge in [-0.25, -0.2) is 0 Å². The lowest BCUT2D eigenvalue weighted by atomic mass is 10.1. The standard InChI is InChI=1S/C9H9OSSi/c1-2-7-4-3-5-8(6-7)9(10)11-12/h3-6H,2H2,1H3. The summed E-state index contributed by atoms with van der Waals surface area (Å²) in [5, 5.41) is 0.0574. The predicted octanol–water partition coefficient (Wildman–Crippen LogP) is 2.21. The van der Waals surface area contributed by atoms with Gasteiger partial charge in [0.1, 0.15) is 9.39 Å². The molecule has 1 aromatic carbocycles. The van der Waals surface area contributed by atoms with Gasteiger partial charge in [-0.1, -0.05) is 25.1 Å². The topological polar surface area (TPSA) is 17.1 Å². The van der Waals surface area contributed by atoms with Crippen molar-refractivity contribution in [3.8, 4) is 0 Å². The van der Waals surface area contributed by atoms with Crippen LogP contribution in [-0.4, -0.2) is 14.5 Å². The van der Waals surface area contributed by atoms with Crippen LogP contribution in [0, 0.1) is 0 Å². The first-order valence-electron chi connectivity index (χ1n) is 3.74. The van der Waals surface area contributed by atoms with Crippen molar-refractivity contribution in [2.75, 3.05) is 0 Å². The fraction of sp³-hybridized carbons (Fsp3) is 0.222. The predicted molar refractivity (Wildman–Crippen MR) is 53.5 cm³/mol. The average Bonchev–Trinajstić information content (AvgIpc) is 2.17. The van der Waals surface area contributed by atoms with Gasteiger partial charge in [-0.2, -0.15) is 0 Å². The van der Waals surface area contributed by atoms with E-state index in [0.717, 1.165) is 23.2 Å². The van der Waals surface area contributed by atoms with E-state index in [0.29, 0.717) is 0 Å². The van der Waals surface area contributed by atoms with Crippen LogP contribution in [0.2, 0.25) is 0 Å². The summed E-state index contributed by atoms with van der Waals surface area (Å²) in [5.41, 5.74) is 1.95. The summed E-state index contributed by atoms with van der Waals surface area (Å²) in [6.07, 6.45) is 0.966. The highest BCUT2D eigenvalue weighted by Crippen LogP contribution is 2.11. The smallest absolute Gasteiger partial charge is 0.212 e. The first-order chi connectivity index (χ1) is 5.77. The van der Waals surface area contributed by atoms with Gasteiger partial charge in [0, 0.05) is 5.56 Å². The Morgan fingerprint density at radius 3 is 2.92 bits per heavy atom. The SMILES string of the molecule is CCc1cccc(C(=O)S[Si])c1. The summed E-state index contributed by atoms with van der Waals surface area (Å²) in [5.74, 6) is 0. The Morgan fingerprint density at radius 2 is 2.33 bits per heavy atom. The molecule has 1 aromatic rings. The van der Waals surface area contributed by atoms with Crippen LogP contribution in [0.5, 0.6) is 0 Å². The molecule has 0 saturated carbocycles. The molecule has 0 N–H and O–H groups in total. The second kappa shape index (κ2) is 4.47. The summed E-state index contributed by atoms with van der Waals surface area (Å²) in [7, 11) is 3.11. The average molecular weight is 193 g/mol. The molecule has 61 valence electrons. The molecule has 0 atom stereocenters. The minimum Gasteiger partial charge on any atom is -0.282 e. The first-order valence-corrected chi connectivity index (χ1v) is 5.79. The van der Waals surface area contributed by atoms with Crippen molar-refractivity contribution in [1.82, 2.24) is 0 Å². The van der Waals surface area contributed by atoms with Gasteiger partial charge < -0.3 is 0 Å². The van der Waals surface area contributed by atoms with Gasteiger partial charge in [0.15, 0.2) is 0 Å². The second-order valence-electron chi connectivity index (χ2n) is 2.44. The molecule has 0 aliphatic rings. The third-order valence-corrected chi connectivity index (χ3v) is 2.64. The number of benzene rings is 1. The Bertz CT molecular complexity index is 286. The Hall–Kier alpha value is -0.543. The number of carbonyl (C=O) groups is 1. The first kappa shape index (κ1) is 9.54. The van der Waals surface area contributed by atoms with Gasteiger partial charge in [-0.05, 0) is 18.1 Å². The molecule has 0 aliphatic carbocycles. The molecule has 1 rings (SSSR count). The lowest BCUT2D eigenvalue weighted by molar-refractivity contribution is 0.109. The summed E-state index contributed by atoms with van der Waals surface area (Å²) < 4.78 is 0. The Balaban J connectivity index is 2.93. The second-order valence-corrected chi connectivity index (χ2v) is 3.63. The fourth-order valence-electron chi connectivity index (χ4n) is 0.977. The van der Waals surface area contributed by atoms with E-state index >= 15 is 0 Å². The van der Waals surface area contributed by atoms with Crippen molar-refractivity contribution in [3.63, 3.8) is 0 Å². The van der Waals surface area contributed by atoms with Gasteiger partial charge in [0.2, 0.25) is 5.12 Å². The zero-order valence-corrected chi connectivity index (χ0v) is 8.65. The van der Waals surface area contributed by atoms with E-state index in [1.165, 1.54) is 5.56 Å². The van der Waals surface area contributed by atoms with Crippen LogP contribution in [0.4, 0.5) is 0 Å². The normalized spacial score (nSPS) is 9.83. The van der Waals surface area contributed by atoms with Gasteiger partial charge in [0.25, 0.3) is 0 Å². The van der Waals surface area contributed by atoms with E-state index in [-0.39, 0.29) is 5.12 Å². The largest absolute Gasteiger partial charge is 0.282 e. The maximum absolute atomic E-state index is 11.2. The van der Waals surface area contributed by atoms with Crippen LogP contribution < -0.4 is 0 Å². The molecule has 0 bridgehead atoms. The van der Waals surface area contributed by atoms with Gasteiger partial charge in [0.05, 0.1) is 0 Å². The number of hydrogen-bond donors (Lipinski definition) is 0. The monoisotopic (exact) mass is 193 g/mol. The minimum absolute atomic E-state index is 0.0574. The summed E-state index contributed by atoms with van der Waals surface area (Å²) in [4.78, 5) is 11.2. The molecule has 1 nitrogen and oxygen atoms in total. The molecule has 0 unspecified atom stereocenters. The molecule has 0 aliphatic heterocycles. The highest BCUT2D eigenvalue weighted by atomic mass is 32.4. The maximum Gasteiger partial charge on any atom is 0.212 e. The molecule has 0 amide bonds. The fourth-order valence-corrected chi connectivity index (χ4v) is 1.58. The molecule has 0 saturated heterocycles. The number of hydrogen-bond acceptors (Lipinski definition) is 2. The molecular weight excluding hydrogens is 184 g/mol. The quantitative estimate of drug-likeness (QED) is 0.670. The molecule has 0 heterocycles. The summed E-state index contributed by atoms with van der Waals surface area (Å²) >= 11 is 1.06. The van der Waals surface area contributed by atoms with Crippen molar-refractivity contribution in [2.45, 2.75) is 13.3 Å². The third kappa shape index (κ3) is 2.22. The Labute approximate surface area is 79.6 Å². The zero-order chi connectivity index (χ0) is 8.97. The molecular formula is C9H9OSSi. The third-order valence-electron chi connectivity index (χ3n) is 1.66. The molecule has 3 radical (unpaired) electrons. The van der Waals surface area contributed by atoms with E-state index < -0.39 is 0 Å². The molecule has 3 heteroatoms. The number of aryl methyl sites for hydroxylation is 1. The highest BCUT2D eigenvalue weighted by Gasteiger charge is 2.02. The van der Waals surface area contributed by atoms with Crippen molar-refractivity contribution >= 4 is 25.7 Å². The van der Waals surface area contributed by atoms with Crippen LogP contribution in [0.15, 0.2) is 24.3 Å². The summed E-state index contributed by atoms with van der Waals surface area (Å²) in [6.45, 7) is 2.07. The minimum atomic E-state index is 0.0574. The van der Waals surface area contributed by atoms with E-state index in [9.17, 15) is 4.79 Å². The summed E-state index contributed by atoms with van der Waals surface area (Å²) in [6, 6.07) is 7.69. The van der Waals surface area contributed by atoms with Crippen molar-refractivity contribution in [2.24, 2.45) is 0 Å². The molecule has 0 fully saturated rings. The van der Waals surface area contributed by atoms with Crippen molar-refractivity contribution < 1.29 is 4.79 Å². The molecule has 0 aromatic heterocycles. The zero-order valence-electron chi connectivity index (χ0n) is 6.83.